The molecule has 5 aliphatic rings. The zero-order chi connectivity index (χ0) is 18.1. The zero-order valence-electron chi connectivity index (χ0n) is 15.3. The lowest BCUT2D eigenvalue weighted by Crippen LogP contribution is -2.56. The summed E-state index contributed by atoms with van der Waals surface area (Å²) >= 11 is 0. The van der Waals surface area contributed by atoms with Crippen LogP contribution in [-0.2, 0) is 0 Å². The van der Waals surface area contributed by atoms with E-state index in [2.05, 4.69) is 22.8 Å². The Morgan fingerprint density at radius 1 is 0.963 bits per heavy atom. The Morgan fingerprint density at radius 2 is 1.67 bits per heavy atom. The van der Waals surface area contributed by atoms with Gasteiger partial charge in [-0.15, -0.1) is 0 Å². The highest BCUT2D eigenvalue weighted by molar-refractivity contribution is 6.13. The highest BCUT2D eigenvalue weighted by Crippen LogP contribution is 2.53. The zero-order valence-corrected chi connectivity index (χ0v) is 15.3. The largest absolute Gasteiger partial charge is 0.506 e. The van der Waals surface area contributed by atoms with Crippen molar-refractivity contribution >= 4 is 34.6 Å². The van der Waals surface area contributed by atoms with Crippen molar-refractivity contribution in [3.8, 4) is 5.75 Å². The Bertz CT molecular complexity index is 965. The minimum Gasteiger partial charge on any atom is -0.506 e. The van der Waals surface area contributed by atoms with Crippen LogP contribution in [0.15, 0.2) is 24.3 Å². The molecule has 4 heteroatoms. The molecule has 27 heavy (non-hydrogen) atoms. The summed E-state index contributed by atoms with van der Waals surface area (Å²) in [5.74, 6) is 3.82. The van der Waals surface area contributed by atoms with Crippen molar-refractivity contribution in [2.75, 3.05) is 5.32 Å². The third-order valence-electron chi connectivity index (χ3n) is 7.43. The fourth-order valence-electron chi connectivity index (χ4n) is 6.60. The van der Waals surface area contributed by atoms with Gasteiger partial charge in [0.15, 0.2) is 5.96 Å². The molecule has 4 bridgehead atoms. The van der Waals surface area contributed by atoms with E-state index in [1.165, 1.54) is 37.7 Å². The highest BCUT2D eigenvalue weighted by Gasteiger charge is 2.48. The molecule has 0 aliphatic heterocycles. The molecule has 5 aliphatic carbocycles. The number of anilines is 1. The number of benzene rings is 2. The van der Waals surface area contributed by atoms with E-state index < -0.39 is 0 Å². The van der Waals surface area contributed by atoms with E-state index in [1.54, 1.807) is 6.07 Å². The van der Waals surface area contributed by atoms with Gasteiger partial charge in [0.2, 0.25) is 0 Å². The summed E-state index contributed by atoms with van der Waals surface area (Å²) in [6, 6.07) is 8.34. The molecule has 2 aromatic rings. The lowest BCUT2D eigenvalue weighted by molar-refractivity contribution is -0.00695. The topological polar surface area (TPSA) is 68.1 Å². The highest BCUT2D eigenvalue weighted by atomic mass is 16.3. The Balaban J connectivity index is 1.27. The molecule has 2 aromatic carbocycles. The third kappa shape index (κ3) is 2.32. The quantitative estimate of drug-likeness (QED) is 0.302. The Labute approximate surface area is 159 Å². The number of hydrogen-bond acceptors (Lipinski definition) is 2. The molecular formula is C23H25N3O. The van der Waals surface area contributed by atoms with Gasteiger partial charge in [0.25, 0.3) is 0 Å². The van der Waals surface area contributed by atoms with Gasteiger partial charge in [-0.05, 0) is 78.4 Å². The number of phenols is 1. The molecule has 0 aromatic heterocycles. The molecule has 0 unspecified atom stereocenters. The average Bonchev–Trinajstić information content (AvgIpc) is 3.05. The van der Waals surface area contributed by atoms with E-state index in [0.29, 0.717) is 29.5 Å². The summed E-state index contributed by atoms with van der Waals surface area (Å²) in [5, 5.41) is 27.9. The maximum atomic E-state index is 10.6. The van der Waals surface area contributed by atoms with Crippen LogP contribution in [0.5, 0.6) is 5.75 Å². The van der Waals surface area contributed by atoms with Gasteiger partial charge in [-0.1, -0.05) is 30.4 Å². The number of nitrogens with one attached hydrogen (secondary N) is 3. The molecular weight excluding hydrogens is 334 g/mol. The third-order valence-corrected chi connectivity index (χ3v) is 7.43. The van der Waals surface area contributed by atoms with Crippen molar-refractivity contribution in [3.63, 3.8) is 0 Å². The van der Waals surface area contributed by atoms with Crippen molar-refractivity contribution in [2.45, 2.75) is 38.1 Å². The van der Waals surface area contributed by atoms with E-state index in [4.69, 9.17) is 5.41 Å². The minimum absolute atomic E-state index is 0.206. The van der Waals surface area contributed by atoms with Gasteiger partial charge in [0.05, 0.1) is 5.69 Å². The second-order valence-electron chi connectivity index (χ2n) is 9.06. The van der Waals surface area contributed by atoms with Gasteiger partial charge in [-0.25, -0.2) is 0 Å². The smallest absolute Gasteiger partial charge is 0.193 e. The molecule has 0 heterocycles. The summed E-state index contributed by atoms with van der Waals surface area (Å²) < 4.78 is 0. The molecule has 0 spiro atoms. The Kier molecular flexibility index (Phi) is 3.17. The van der Waals surface area contributed by atoms with Gasteiger partial charge < -0.3 is 15.7 Å². The van der Waals surface area contributed by atoms with Crippen molar-refractivity contribution in [1.29, 1.82) is 5.41 Å². The van der Waals surface area contributed by atoms with Gasteiger partial charge >= 0.3 is 0 Å². The van der Waals surface area contributed by atoms with Crippen molar-refractivity contribution in [1.82, 2.24) is 5.32 Å². The van der Waals surface area contributed by atoms with Crippen LogP contribution in [0, 0.1) is 29.1 Å². The first kappa shape index (κ1) is 15.6. The summed E-state index contributed by atoms with van der Waals surface area (Å²) in [6.07, 6.45) is 10.9. The normalized spacial score (nSPS) is 32.2. The molecule has 4 saturated carbocycles. The predicted octanol–water partition coefficient (Wildman–Crippen LogP) is 4.79. The van der Waals surface area contributed by atoms with E-state index >= 15 is 0 Å². The number of rotatable bonds is 2. The maximum absolute atomic E-state index is 10.6. The van der Waals surface area contributed by atoms with Crippen LogP contribution >= 0.6 is 0 Å². The molecule has 0 saturated heterocycles. The molecule has 7 rings (SSSR count). The second-order valence-corrected chi connectivity index (χ2v) is 9.06. The molecule has 4 nitrogen and oxygen atoms in total. The lowest BCUT2D eigenvalue weighted by atomic mass is 9.54. The standard InChI is InChI=1S/C23H25N3O/c24-23(25-21-16-7-12-6-13(9-16)10-17(21)8-12)26-22-18-3-1-2-14-4-5-15(20(14)18)11-19(22)27/h1-5,11-13,16-17,21,27H,6-10H2,(H3,24,25,26). The Hall–Kier alpha value is -2.49. The fourth-order valence-corrected chi connectivity index (χ4v) is 6.60. The number of guanidine groups is 1. The van der Waals surface area contributed by atoms with E-state index in [1.807, 2.05) is 18.2 Å². The summed E-state index contributed by atoms with van der Waals surface area (Å²) in [5.41, 5.74) is 2.86. The molecule has 138 valence electrons. The van der Waals surface area contributed by atoms with Gasteiger partial charge in [0.1, 0.15) is 5.75 Å². The first-order valence-corrected chi connectivity index (χ1v) is 10.2. The van der Waals surface area contributed by atoms with Crippen LogP contribution in [0.25, 0.3) is 22.9 Å². The summed E-state index contributed by atoms with van der Waals surface area (Å²) in [7, 11) is 0. The fraction of sp³-hybridized carbons (Fsp3) is 0.435. The summed E-state index contributed by atoms with van der Waals surface area (Å²) in [6.45, 7) is 0. The van der Waals surface area contributed by atoms with Crippen molar-refractivity contribution in [2.24, 2.45) is 23.7 Å². The van der Waals surface area contributed by atoms with Crippen LogP contribution in [0.3, 0.4) is 0 Å². The Morgan fingerprint density at radius 3 is 2.41 bits per heavy atom. The molecule has 0 atom stereocenters. The minimum atomic E-state index is 0.206. The van der Waals surface area contributed by atoms with E-state index in [0.717, 1.165) is 28.2 Å². The number of aromatic hydroxyl groups is 1. The van der Waals surface area contributed by atoms with Crippen LogP contribution in [0.1, 0.15) is 43.2 Å². The number of hydrogen-bond donors (Lipinski definition) is 4. The first-order valence-electron chi connectivity index (χ1n) is 10.2. The van der Waals surface area contributed by atoms with Crippen LogP contribution in [-0.4, -0.2) is 17.1 Å². The molecule has 4 N–H and O–H groups in total. The van der Waals surface area contributed by atoms with Crippen LogP contribution in [0.4, 0.5) is 5.69 Å². The van der Waals surface area contributed by atoms with Crippen molar-refractivity contribution < 1.29 is 5.11 Å². The second kappa shape index (κ2) is 5.51. The van der Waals surface area contributed by atoms with Crippen LogP contribution < -0.4 is 10.6 Å². The first-order chi connectivity index (χ1) is 13.2. The SMILES string of the molecule is N=C(Nc1c(O)cc2c3c(cccc13)C=C2)NC1C2CC3CC(C2)CC1C3. The lowest BCUT2D eigenvalue weighted by Gasteiger charge is -2.54. The number of phenolic OH excluding ortho intramolecular Hbond substituents is 1. The van der Waals surface area contributed by atoms with Gasteiger partial charge in [0, 0.05) is 11.4 Å². The molecule has 0 amide bonds. The maximum Gasteiger partial charge on any atom is 0.193 e. The van der Waals surface area contributed by atoms with E-state index in [9.17, 15) is 5.11 Å². The molecule has 4 fully saturated rings. The van der Waals surface area contributed by atoms with Gasteiger partial charge in [-0.3, -0.25) is 5.41 Å². The monoisotopic (exact) mass is 359 g/mol. The van der Waals surface area contributed by atoms with Gasteiger partial charge in [-0.2, -0.15) is 0 Å². The van der Waals surface area contributed by atoms with Crippen molar-refractivity contribution in [3.05, 3.63) is 35.4 Å². The summed E-state index contributed by atoms with van der Waals surface area (Å²) in [4.78, 5) is 0. The predicted molar refractivity (Wildman–Crippen MR) is 110 cm³/mol. The van der Waals surface area contributed by atoms with Crippen LogP contribution in [0.2, 0.25) is 0 Å². The van der Waals surface area contributed by atoms with E-state index in [-0.39, 0.29) is 5.75 Å². The average molecular weight is 359 g/mol. The molecule has 0 radical (unpaired) electrons.